The molecule has 0 spiro atoms. The van der Waals surface area contributed by atoms with E-state index >= 15 is 0 Å². The molecule has 10 heteroatoms. The highest BCUT2D eigenvalue weighted by Crippen LogP contribution is 2.33. The number of aromatic nitrogens is 5. The van der Waals surface area contributed by atoms with E-state index in [-0.39, 0.29) is 18.0 Å². The van der Waals surface area contributed by atoms with Crippen molar-refractivity contribution in [3.05, 3.63) is 52.8 Å². The van der Waals surface area contributed by atoms with Crippen molar-refractivity contribution in [1.29, 1.82) is 0 Å². The van der Waals surface area contributed by atoms with Crippen LogP contribution in [0.2, 0.25) is 0 Å². The largest absolute Gasteiger partial charge is 0.355 e. The summed E-state index contributed by atoms with van der Waals surface area (Å²) in [4.78, 5) is 23.6. The summed E-state index contributed by atoms with van der Waals surface area (Å²) in [6, 6.07) is 7.99. The van der Waals surface area contributed by atoms with Crippen LogP contribution in [0, 0.1) is 6.92 Å². The van der Waals surface area contributed by atoms with E-state index in [2.05, 4.69) is 22.0 Å². The molecule has 0 bridgehead atoms. The molecule has 2 aliphatic heterocycles. The van der Waals surface area contributed by atoms with Crippen molar-refractivity contribution < 1.29 is 4.79 Å². The lowest BCUT2D eigenvalue weighted by Crippen LogP contribution is -2.38. The summed E-state index contributed by atoms with van der Waals surface area (Å²) >= 11 is 1.62. The number of H-pyrrole nitrogens is 1. The number of thiophene rings is 1. The Morgan fingerprint density at radius 1 is 1.24 bits per heavy atom. The first-order valence-corrected chi connectivity index (χ1v) is 12.7. The van der Waals surface area contributed by atoms with Crippen LogP contribution < -0.4 is 10.6 Å². The number of carbonyl (C=O) groups is 1. The van der Waals surface area contributed by atoms with Crippen LogP contribution in [-0.4, -0.2) is 61.3 Å². The first kappa shape index (κ1) is 21.3. The zero-order chi connectivity index (χ0) is 23.2. The van der Waals surface area contributed by atoms with Crippen LogP contribution in [0.4, 0.5) is 5.82 Å². The second-order valence-electron chi connectivity index (χ2n) is 9.27. The number of hydrogen-bond donors (Lipinski definition) is 2. The first-order valence-electron chi connectivity index (χ1n) is 11.8. The Hall–Kier alpha value is -3.24. The number of amides is 1. The second-order valence-corrected chi connectivity index (χ2v) is 10.2. The molecule has 2 atom stereocenters. The summed E-state index contributed by atoms with van der Waals surface area (Å²) < 4.78 is 1.84. The molecule has 1 amide bonds. The molecule has 0 aliphatic carbocycles. The molecule has 4 aromatic rings. The van der Waals surface area contributed by atoms with Gasteiger partial charge in [-0.3, -0.25) is 9.89 Å². The standard InChI is InChI=1S/C24H28N8OS/c1-15-13-32-22(26-23(15)30-9-7-16(25)14-30)12-17(29-32)20-5-2-3-8-31(20)24(33)19-11-18(27-28-19)21-6-4-10-34-21/h4,6,10-13,16,20H,2-3,5,7-9,14,25H2,1H3,(H,27,28). The van der Waals surface area contributed by atoms with Crippen molar-refractivity contribution >= 4 is 28.7 Å². The lowest BCUT2D eigenvalue weighted by atomic mass is 9.99. The number of nitrogens with one attached hydrogen (secondary N) is 1. The molecule has 0 saturated carbocycles. The summed E-state index contributed by atoms with van der Waals surface area (Å²) in [6.07, 6.45) is 5.93. The van der Waals surface area contributed by atoms with Gasteiger partial charge in [-0.25, -0.2) is 9.50 Å². The Kier molecular flexibility index (Phi) is 5.34. The van der Waals surface area contributed by atoms with E-state index < -0.39 is 0 Å². The Morgan fingerprint density at radius 2 is 2.15 bits per heavy atom. The monoisotopic (exact) mass is 476 g/mol. The van der Waals surface area contributed by atoms with Crippen LogP contribution in [0.15, 0.2) is 35.8 Å². The van der Waals surface area contributed by atoms with Gasteiger partial charge in [0.15, 0.2) is 11.3 Å². The average Bonchev–Trinajstić information content (AvgIpc) is 3.64. The van der Waals surface area contributed by atoms with Crippen LogP contribution in [0.5, 0.6) is 0 Å². The van der Waals surface area contributed by atoms with E-state index in [1.807, 2.05) is 45.3 Å². The third-order valence-corrected chi connectivity index (χ3v) is 7.74. The Labute approximate surface area is 201 Å². The topological polar surface area (TPSA) is 108 Å². The average molecular weight is 477 g/mol. The highest BCUT2D eigenvalue weighted by molar-refractivity contribution is 7.13. The normalized spacial score (nSPS) is 21.0. The van der Waals surface area contributed by atoms with Gasteiger partial charge in [-0.15, -0.1) is 11.3 Å². The molecular weight excluding hydrogens is 448 g/mol. The number of aromatic amines is 1. The molecule has 3 N–H and O–H groups in total. The third kappa shape index (κ3) is 3.76. The van der Waals surface area contributed by atoms with E-state index in [1.165, 1.54) is 0 Å². The number of rotatable bonds is 4. The SMILES string of the molecule is Cc1cn2nc(C3CCCCN3C(=O)c3cc(-c4cccs4)[nH]n3)cc2nc1N1CCC(N)C1. The molecule has 176 valence electrons. The highest BCUT2D eigenvalue weighted by atomic mass is 32.1. The van der Waals surface area contributed by atoms with Crippen molar-refractivity contribution in [2.45, 2.75) is 44.7 Å². The van der Waals surface area contributed by atoms with Gasteiger partial charge in [0.05, 0.1) is 22.3 Å². The van der Waals surface area contributed by atoms with Crippen molar-refractivity contribution in [2.24, 2.45) is 5.73 Å². The summed E-state index contributed by atoms with van der Waals surface area (Å²) in [5, 5.41) is 14.2. The van der Waals surface area contributed by atoms with Crippen LogP contribution in [-0.2, 0) is 0 Å². The molecule has 0 radical (unpaired) electrons. The lowest BCUT2D eigenvalue weighted by Gasteiger charge is -2.34. The number of likely N-dealkylation sites (tertiary alicyclic amines) is 1. The van der Waals surface area contributed by atoms with Crippen molar-refractivity contribution in [3.8, 4) is 10.6 Å². The molecule has 6 heterocycles. The van der Waals surface area contributed by atoms with Crippen LogP contribution in [0.3, 0.4) is 0 Å². The first-order chi connectivity index (χ1) is 16.6. The fraction of sp³-hybridized carbons (Fsp3) is 0.417. The third-order valence-electron chi connectivity index (χ3n) is 6.84. The molecule has 2 saturated heterocycles. The number of carbonyl (C=O) groups excluding carboxylic acids is 1. The van der Waals surface area contributed by atoms with E-state index in [9.17, 15) is 4.79 Å². The minimum Gasteiger partial charge on any atom is -0.355 e. The maximum absolute atomic E-state index is 13.5. The van der Waals surface area contributed by atoms with E-state index in [0.717, 1.165) is 72.1 Å². The quantitative estimate of drug-likeness (QED) is 0.467. The number of nitrogens with two attached hydrogens (primary N) is 1. The zero-order valence-corrected chi connectivity index (χ0v) is 20.0. The molecule has 4 aromatic heterocycles. The summed E-state index contributed by atoms with van der Waals surface area (Å²) in [7, 11) is 0. The van der Waals surface area contributed by atoms with E-state index in [0.29, 0.717) is 12.2 Å². The van der Waals surface area contributed by atoms with Gasteiger partial charge >= 0.3 is 0 Å². The van der Waals surface area contributed by atoms with Gasteiger partial charge in [0.2, 0.25) is 0 Å². The van der Waals surface area contributed by atoms with E-state index in [4.69, 9.17) is 15.8 Å². The van der Waals surface area contributed by atoms with Gasteiger partial charge in [-0.1, -0.05) is 6.07 Å². The maximum atomic E-state index is 13.5. The number of nitrogens with zero attached hydrogens (tertiary/aromatic N) is 6. The van der Waals surface area contributed by atoms with Gasteiger partial charge in [-0.05, 0) is 50.1 Å². The minimum absolute atomic E-state index is 0.0586. The van der Waals surface area contributed by atoms with Gasteiger partial charge in [0, 0.05) is 43.5 Å². The maximum Gasteiger partial charge on any atom is 0.274 e. The molecular formula is C24H28N8OS. The zero-order valence-electron chi connectivity index (χ0n) is 19.1. The summed E-state index contributed by atoms with van der Waals surface area (Å²) in [6.45, 7) is 4.51. The fourth-order valence-corrected chi connectivity index (χ4v) is 5.79. The molecule has 6 rings (SSSR count). The predicted molar refractivity (Wildman–Crippen MR) is 132 cm³/mol. The van der Waals surface area contributed by atoms with E-state index in [1.54, 1.807) is 11.3 Å². The molecule has 9 nitrogen and oxygen atoms in total. The Balaban J connectivity index is 1.29. The van der Waals surface area contributed by atoms with Crippen molar-refractivity contribution in [2.75, 3.05) is 24.5 Å². The van der Waals surface area contributed by atoms with Crippen molar-refractivity contribution in [3.63, 3.8) is 0 Å². The van der Waals surface area contributed by atoms with Gasteiger partial charge in [0.25, 0.3) is 5.91 Å². The van der Waals surface area contributed by atoms with Gasteiger partial charge in [0.1, 0.15) is 5.82 Å². The number of hydrogen-bond acceptors (Lipinski definition) is 7. The molecule has 2 fully saturated rings. The number of anilines is 1. The molecule has 34 heavy (non-hydrogen) atoms. The highest BCUT2D eigenvalue weighted by Gasteiger charge is 2.32. The summed E-state index contributed by atoms with van der Waals surface area (Å²) in [5.74, 6) is 0.915. The Morgan fingerprint density at radius 3 is 2.94 bits per heavy atom. The van der Waals surface area contributed by atoms with Crippen molar-refractivity contribution in [1.82, 2.24) is 29.7 Å². The molecule has 0 aromatic carbocycles. The number of aryl methyl sites for hydroxylation is 1. The molecule has 2 unspecified atom stereocenters. The minimum atomic E-state index is -0.0891. The Bertz CT molecular complexity index is 1330. The summed E-state index contributed by atoms with van der Waals surface area (Å²) in [5.41, 5.74) is 10.2. The van der Waals surface area contributed by atoms with Gasteiger partial charge < -0.3 is 15.5 Å². The molecule has 2 aliphatic rings. The second kappa shape index (κ2) is 8.52. The number of piperidine rings is 1. The number of fused-ring (bicyclic) bond motifs is 1. The lowest BCUT2D eigenvalue weighted by molar-refractivity contribution is 0.0599. The smallest absolute Gasteiger partial charge is 0.274 e. The van der Waals surface area contributed by atoms with Crippen LogP contribution in [0.1, 0.15) is 53.5 Å². The van der Waals surface area contributed by atoms with Crippen LogP contribution >= 0.6 is 11.3 Å². The van der Waals surface area contributed by atoms with Crippen LogP contribution in [0.25, 0.3) is 16.2 Å². The predicted octanol–water partition coefficient (Wildman–Crippen LogP) is 3.39. The fourth-order valence-electron chi connectivity index (χ4n) is 5.10. The van der Waals surface area contributed by atoms with Gasteiger partial charge in [-0.2, -0.15) is 10.2 Å².